The van der Waals surface area contributed by atoms with Crippen LogP contribution < -0.4 is 0 Å². The maximum Gasteiger partial charge on any atom is 0.00753 e. The van der Waals surface area contributed by atoms with Crippen molar-refractivity contribution in [2.45, 2.75) is 59.1 Å². The summed E-state index contributed by atoms with van der Waals surface area (Å²) in [5, 5.41) is 0. The lowest BCUT2D eigenvalue weighted by molar-refractivity contribution is 0.415. The Kier molecular flexibility index (Phi) is 5.28. The molecule has 0 bridgehead atoms. The zero-order valence-electron chi connectivity index (χ0n) is 10.7. The van der Waals surface area contributed by atoms with Gasteiger partial charge >= 0.3 is 0 Å². The van der Waals surface area contributed by atoms with Crippen LogP contribution in [0.2, 0.25) is 0 Å². The van der Waals surface area contributed by atoms with Crippen molar-refractivity contribution < 1.29 is 0 Å². The standard InChI is InChI=1S/C13H26S/c1-8-11(2)9-13(6,7)10-14-12(3,4)5/h2,8-10H2,1,3-7H3. The van der Waals surface area contributed by atoms with E-state index in [0.29, 0.717) is 10.2 Å². The number of allylic oxidation sites excluding steroid dienone is 1. The summed E-state index contributed by atoms with van der Waals surface area (Å²) in [6.07, 6.45) is 2.27. The summed E-state index contributed by atoms with van der Waals surface area (Å²) >= 11 is 2.05. The fourth-order valence-electron chi connectivity index (χ4n) is 1.26. The van der Waals surface area contributed by atoms with Gasteiger partial charge in [-0.1, -0.05) is 53.7 Å². The molecule has 0 saturated carbocycles. The number of thioether (sulfide) groups is 1. The molecule has 0 unspecified atom stereocenters. The molecule has 0 spiro atoms. The quantitative estimate of drug-likeness (QED) is 0.587. The van der Waals surface area contributed by atoms with E-state index < -0.39 is 0 Å². The van der Waals surface area contributed by atoms with Crippen molar-refractivity contribution in [3.8, 4) is 0 Å². The van der Waals surface area contributed by atoms with Crippen molar-refractivity contribution in [2.24, 2.45) is 5.41 Å². The molecule has 0 fully saturated rings. The molecular weight excluding hydrogens is 188 g/mol. The molecule has 0 nitrogen and oxygen atoms in total. The summed E-state index contributed by atoms with van der Waals surface area (Å²) in [7, 11) is 0. The molecule has 84 valence electrons. The fraction of sp³-hybridized carbons (Fsp3) is 0.846. The Hall–Kier alpha value is 0.0900. The van der Waals surface area contributed by atoms with E-state index in [1.165, 1.54) is 11.3 Å². The van der Waals surface area contributed by atoms with Gasteiger partial charge in [-0.05, 0) is 24.0 Å². The van der Waals surface area contributed by atoms with Crippen LogP contribution in [0.4, 0.5) is 0 Å². The maximum absolute atomic E-state index is 4.09. The Morgan fingerprint density at radius 1 is 1.14 bits per heavy atom. The first-order chi connectivity index (χ1) is 6.16. The predicted molar refractivity (Wildman–Crippen MR) is 70.0 cm³/mol. The van der Waals surface area contributed by atoms with Gasteiger partial charge in [-0.15, -0.1) is 0 Å². The second-order valence-electron chi connectivity index (χ2n) is 5.85. The molecule has 0 amide bonds. The highest BCUT2D eigenvalue weighted by atomic mass is 32.2. The van der Waals surface area contributed by atoms with Crippen LogP contribution in [0, 0.1) is 5.41 Å². The average molecular weight is 214 g/mol. The van der Waals surface area contributed by atoms with Crippen LogP contribution in [-0.4, -0.2) is 10.5 Å². The Bertz CT molecular complexity index is 184. The molecule has 1 heteroatoms. The van der Waals surface area contributed by atoms with E-state index in [9.17, 15) is 0 Å². The van der Waals surface area contributed by atoms with E-state index in [-0.39, 0.29) is 0 Å². The van der Waals surface area contributed by atoms with Crippen molar-refractivity contribution in [1.82, 2.24) is 0 Å². The highest BCUT2D eigenvalue weighted by molar-refractivity contribution is 8.00. The Balaban J connectivity index is 4.01. The first-order valence-corrected chi connectivity index (χ1v) is 6.45. The predicted octanol–water partition coefficient (Wildman–Crippen LogP) is 4.90. The molecule has 0 N–H and O–H groups in total. The molecular formula is C13H26S. The SMILES string of the molecule is C=C(CC)CC(C)(C)CSC(C)(C)C. The average Bonchev–Trinajstić information content (AvgIpc) is 1.99. The topological polar surface area (TPSA) is 0 Å². The molecule has 0 aliphatic carbocycles. The van der Waals surface area contributed by atoms with E-state index in [1.807, 2.05) is 0 Å². The van der Waals surface area contributed by atoms with Gasteiger partial charge in [0.2, 0.25) is 0 Å². The van der Waals surface area contributed by atoms with Crippen molar-refractivity contribution in [1.29, 1.82) is 0 Å². The van der Waals surface area contributed by atoms with E-state index in [2.05, 4.69) is 59.9 Å². The second-order valence-corrected chi connectivity index (χ2v) is 7.65. The molecule has 0 atom stereocenters. The molecule has 0 aliphatic heterocycles. The van der Waals surface area contributed by atoms with Crippen molar-refractivity contribution >= 4 is 11.8 Å². The highest BCUT2D eigenvalue weighted by Gasteiger charge is 2.22. The molecule has 0 aromatic heterocycles. The zero-order valence-corrected chi connectivity index (χ0v) is 11.6. The van der Waals surface area contributed by atoms with Crippen molar-refractivity contribution in [3.63, 3.8) is 0 Å². The van der Waals surface area contributed by atoms with E-state index in [1.54, 1.807) is 0 Å². The molecule has 0 aliphatic rings. The Morgan fingerprint density at radius 3 is 2.00 bits per heavy atom. The molecule has 0 heterocycles. The van der Waals surface area contributed by atoms with Gasteiger partial charge in [0.05, 0.1) is 0 Å². The van der Waals surface area contributed by atoms with Crippen LogP contribution in [0.1, 0.15) is 54.4 Å². The summed E-state index contributed by atoms with van der Waals surface area (Å²) in [5.74, 6) is 1.22. The van der Waals surface area contributed by atoms with Crippen LogP contribution in [0.25, 0.3) is 0 Å². The lowest BCUT2D eigenvalue weighted by atomic mass is 9.87. The third kappa shape index (κ3) is 7.49. The lowest BCUT2D eigenvalue weighted by Gasteiger charge is -2.29. The van der Waals surface area contributed by atoms with Crippen molar-refractivity contribution in [2.75, 3.05) is 5.75 Å². The lowest BCUT2D eigenvalue weighted by Crippen LogP contribution is -2.20. The Labute approximate surface area is 94.6 Å². The van der Waals surface area contributed by atoms with Gasteiger partial charge in [0.15, 0.2) is 0 Å². The fourth-order valence-corrected chi connectivity index (χ4v) is 2.19. The van der Waals surface area contributed by atoms with Crippen LogP contribution >= 0.6 is 11.8 Å². The minimum atomic E-state index is 0.380. The molecule has 14 heavy (non-hydrogen) atoms. The summed E-state index contributed by atoms with van der Waals surface area (Å²) in [6.45, 7) is 17.8. The van der Waals surface area contributed by atoms with Crippen LogP contribution in [0.3, 0.4) is 0 Å². The van der Waals surface area contributed by atoms with Gasteiger partial charge in [-0.2, -0.15) is 11.8 Å². The van der Waals surface area contributed by atoms with Crippen molar-refractivity contribution in [3.05, 3.63) is 12.2 Å². The van der Waals surface area contributed by atoms with Gasteiger partial charge in [0.1, 0.15) is 0 Å². The molecule has 0 aromatic carbocycles. The van der Waals surface area contributed by atoms with Gasteiger partial charge in [0.25, 0.3) is 0 Å². The minimum absolute atomic E-state index is 0.380. The number of hydrogen-bond acceptors (Lipinski definition) is 1. The zero-order chi connectivity index (χ0) is 11.4. The molecule has 0 saturated heterocycles. The van der Waals surface area contributed by atoms with Crippen LogP contribution in [0.15, 0.2) is 12.2 Å². The van der Waals surface area contributed by atoms with E-state index in [4.69, 9.17) is 0 Å². The number of hydrogen-bond donors (Lipinski definition) is 0. The first-order valence-electron chi connectivity index (χ1n) is 5.47. The van der Waals surface area contributed by atoms with Gasteiger partial charge in [-0.3, -0.25) is 0 Å². The molecule has 0 rings (SSSR count). The highest BCUT2D eigenvalue weighted by Crippen LogP contribution is 2.34. The first kappa shape index (κ1) is 14.1. The minimum Gasteiger partial charge on any atom is -0.155 e. The summed E-state index contributed by atoms with van der Waals surface area (Å²) in [4.78, 5) is 0. The van der Waals surface area contributed by atoms with Crippen LogP contribution in [-0.2, 0) is 0 Å². The summed E-state index contributed by atoms with van der Waals surface area (Å²) in [6, 6.07) is 0. The third-order valence-corrected chi connectivity index (χ3v) is 3.92. The maximum atomic E-state index is 4.09. The van der Waals surface area contributed by atoms with Gasteiger partial charge < -0.3 is 0 Å². The second kappa shape index (κ2) is 5.25. The largest absolute Gasteiger partial charge is 0.155 e. The third-order valence-electron chi connectivity index (χ3n) is 2.12. The van der Waals surface area contributed by atoms with E-state index in [0.717, 1.165) is 12.8 Å². The Morgan fingerprint density at radius 2 is 1.64 bits per heavy atom. The summed E-state index contributed by atoms with van der Waals surface area (Å²) < 4.78 is 0.380. The smallest absolute Gasteiger partial charge is 0.00753 e. The van der Waals surface area contributed by atoms with Crippen LogP contribution in [0.5, 0.6) is 0 Å². The monoisotopic (exact) mass is 214 g/mol. The van der Waals surface area contributed by atoms with E-state index >= 15 is 0 Å². The summed E-state index contributed by atoms with van der Waals surface area (Å²) in [5.41, 5.74) is 1.77. The molecule has 0 radical (unpaired) electrons. The normalized spacial score (nSPS) is 13.0. The number of rotatable bonds is 5. The van der Waals surface area contributed by atoms with Gasteiger partial charge in [0, 0.05) is 4.75 Å². The molecule has 0 aromatic rings. The van der Waals surface area contributed by atoms with Gasteiger partial charge in [-0.25, -0.2) is 0 Å².